The SMILES string of the molecule is CCOc1ccc(/C(O)=C2\C(=O)C(=O)N(CCN(CC)CC)C2c2ccc(F)cc2)cc1Cl. The van der Waals surface area contributed by atoms with Gasteiger partial charge in [-0.15, -0.1) is 0 Å². The third kappa shape index (κ3) is 5.20. The lowest BCUT2D eigenvalue weighted by Crippen LogP contribution is -2.38. The maximum atomic E-state index is 13.6. The Morgan fingerprint density at radius 2 is 1.79 bits per heavy atom. The number of likely N-dealkylation sites (N-methyl/N-ethyl adjacent to an activating group) is 1. The Bertz CT molecular complexity index is 1050. The van der Waals surface area contributed by atoms with Gasteiger partial charge in [0.2, 0.25) is 0 Å². The summed E-state index contributed by atoms with van der Waals surface area (Å²) in [6.07, 6.45) is 0. The van der Waals surface area contributed by atoms with Gasteiger partial charge in [0.15, 0.2) is 0 Å². The molecule has 0 saturated carbocycles. The number of hydrogen-bond acceptors (Lipinski definition) is 5. The van der Waals surface area contributed by atoms with E-state index >= 15 is 0 Å². The van der Waals surface area contributed by atoms with Gasteiger partial charge in [0.1, 0.15) is 17.3 Å². The molecule has 33 heavy (non-hydrogen) atoms. The van der Waals surface area contributed by atoms with E-state index in [-0.39, 0.29) is 28.5 Å². The molecule has 1 heterocycles. The van der Waals surface area contributed by atoms with Crippen molar-refractivity contribution in [1.29, 1.82) is 0 Å². The summed E-state index contributed by atoms with van der Waals surface area (Å²) < 4.78 is 19.0. The highest BCUT2D eigenvalue weighted by molar-refractivity contribution is 6.46. The van der Waals surface area contributed by atoms with Gasteiger partial charge in [0.25, 0.3) is 11.7 Å². The number of carbonyl (C=O) groups is 2. The molecule has 6 nitrogen and oxygen atoms in total. The molecule has 1 aliphatic rings. The van der Waals surface area contributed by atoms with Crippen LogP contribution in [0.25, 0.3) is 5.76 Å². The minimum Gasteiger partial charge on any atom is -0.507 e. The summed E-state index contributed by atoms with van der Waals surface area (Å²) in [5.74, 6) is -1.80. The molecule has 1 aliphatic heterocycles. The predicted molar refractivity (Wildman–Crippen MR) is 126 cm³/mol. The highest BCUT2D eigenvalue weighted by Crippen LogP contribution is 2.40. The molecular weight excluding hydrogens is 447 g/mol. The molecule has 3 rings (SSSR count). The molecular formula is C25H28ClFN2O4. The Kier molecular flexibility index (Phi) is 8.10. The lowest BCUT2D eigenvalue weighted by molar-refractivity contribution is -0.140. The number of benzene rings is 2. The number of likely N-dealkylation sites (tertiary alicyclic amines) is 1. The first-order valence-corrected chi connectivity index (χ1v) is 11.4. The van der Waals surface area contributed by atoms with Crippen molar-refractivity contribution in [2.24, 2.45) is 0 Å². The van der Waals surface area contributed by atoms with E-state index in [1.54, 1.807) is 12.1 Å². The zero-order valence-corrected chi connectivity index (χ0v) is 19.7. The molecule has 1 saturated heterocycles. The summed E-state index contributed by atoms with van der Waals surface area (Å²) in [7, 11) is 0. The maximum Gasteiger partial charge on any atom is 0.295 e. The smallest absolute Gasteiger partial charge is 0.295 e. The number of aliphatic hydroxyl groups excluding tert-OH is 1. The molecule has 1 atom stereocenters. The van der Waals surface area contributed by atoms with Gasteiger partial charge in [0.05, 0.1) is 23.2 Å². The maximum absolute atomic E-state index is 13.6. The summed E-state index contributed by atoms with van der Waals surface area (Å²) in [5.41, 5.74) is 0.775. The number of hydrogen-bond donors (Lipinski definition) is 1. The van der Waals surface area contributed by atoms with E-state index < -0.39 is 23.5 Å². The van der Waals surface area contributed by atoms with Crippen LogP contribution in [-0.2, 0) is 9.59 Å². The van der Waals surface area contributed by atoms with Crippen molar-refractivity contribution in [2.75, 3.05) is 32.8 Å². The van der Waals surface area contributed by atoms with E-state index in [0.717, 1.165) is 13.1 Å². The molecule has 1 fully saturated rings. The summed E-state index contributed by atoms with van der Waals surface area (Å²) in [4.78, 5) is 29.6. The normalized spacial score (nSPS) is 17.8. The fraction of sp³-hybridized carbons (Fsp3) is 0.360. The van der Waals surface area contributed by atoms with Gasteiger partial charge in [-0.1, -0.05) is 37.6 Å². The van der Waals surface area contributed by atoms with Crippen LogP contribution in [0, 0.1) is 5.82 Å². The zero-order chi connectivity index (χ0) is 24.1. The van der Waals surface area contributed by atoms with Crippen LogP contribution in [0.2, 0.25) is 5.02 Å². The van der Waals surface area contributed by atoms with Crippen LogP contribution in [0.15, 0.2) is 48.0 Å². The van der Waals surface area contributed by atoms with Gasteiger partial charge < -0.3 is 19.6 Å². The largest absolute Gasteiger partial charge is 0.507 e. The van der Waals surface area contributed by atoms with Crippen molar-refractivity contribution < 1.29 is 23.8 Å². The molecule has 8 heteroatoms. The van der Waals surface area contributed by atoms with Crippen molar-refractivity contribution in [2.45, 2.75) is 26.8 Å². The quantitative estimate of drug-likeness (QED) is 0.325. The average Bonchev–Trinajstić information content (AvgIpc) is 3.06. The number of ether oxygens (including phenoxy) is 1. The van der Waals surface area contributed by atoms with Gasteiger partial charge >= 0.3 is 0 Å². The molecule has 1 unspecified atom stereocenters. The van der Waals surface area contributed by atoms with Crippen molar-refractivity contribution in [1.82, 2.24) is 9.80 Å². The Morgan fingerprint density at radius 3 is 2.36 bits per heavy atom. The number of nitrogens with zero attached hydrogens (tertiary/aromatic N) is 2. The molecule has 0 aliphatic carbocycles. The van der Waals surface area contributed by atoms with Crippen LogP contribution in [0.1, 0.15) is 37.9 Å². The van der Waals surface area contributed by atoms with Crippen molar-refractivity contribution in [3.05, 3.63) is 70.0 Å². The van der Waals surface area contributed by atoms with Crippen LogP contribution in [0.3, 0.4) is 0 Å². The van der Waals surface area contributed by atoms with Crippen LogP contribution in [0.4, 0.5) is 4.39 Å². The van der Waals surface area contributed by atoms with E-state index in [9.17, 15) is 19.1 Å². The van der Waals surface area contributed by atoms with Gasteiger partial charge in [0, 0.05) is 18.7 Å². The van der Waals surface area contributed by atoms with Crippen molar-refractivity contribution in [3.63, 3.8) is 0 Å². The molecule has 1 N–H and O–H groups in total. The number of ketones is 1. The first-order valence-electron chi connectivity index (χ1n) is 11.0. The number of aliphatic hydroxyl groups is 1. The summed E-state index contributed by atoms with van der Waals surface area (Å²) >= 11 is 6.27. The standard InChI is InChI=1S/C25H28ClFN2O4/c1-4-28(5-2)13-14-29-22(16-7-10-18(27)11-8-16)21(24(31)25(29)32)23(30)17-9-12-20(33-6-3)19(26)15-17/h7-12,15,22,30H,4-6,13-14H2,1-3H3/b23-21+. The molecule has 2 aromatic rings. The number of carbonyl (C=O) groups excluding carboxylic acids is 2. The van der Waals surface area contributed by atoms with Gasteiger partial charge in [-0.05, 0) is 55.9 Å². The lowest BCUT2D eigenvalue weighted by atomic mass is 9.95. The third-order valence-electron chi connectivity index (χ3n) is 5.78. The van der Waals surface area contributed by atoms with Crippen molar-refractivity contribution in [3.8, 4) is 5.75 Å². The van der Waals surface area contributed by atoms with Crippen molar-refractivity contribution >= 4 is 29.1 Å². The molecule has 2 aromatic carbocycles. The minimum absolute atomic E-state index is 0.0496. The minimum atomic E-state index is -0.841. The van der Waals surface area contributed by atoms with Crippen LogP contribution >= 0.6 is 11.6 Å². The second-order valence-corrected chi connectivity index (χ2v) is 8.06. The number of halogens is 2. The highest BCUT2D eigenvalue weighted by Gasteiger charge is 2.46. The van der Waals surface area contributed by atoms with Gasteiger partial charge in [-0.3, -0.25) is 9.59 Å². The Balaban J connectivity index is 2.09. The lowest BCUT2D eigenvalue weighted by Gasteiger charge is -2.28. The first-order chi connectivity index (χ1) is 15.8. The molecule has 0 aromatic heterocycles. The van der Waals surface area contributed by atoms with Crippen LogP contribution < -0.4 is 4.74 Å². The van der Waals surface area contributed by atoms with Gasteiger partial charge in [-0.2, -0.15) is 0 Å². The first kappa shape index (κ1) is 24.7. The Morgan fingerprint density at radius 1 is 1.12 bits per heavy atom. The molecule has 0 spiro atoms. The third-order valence-corrected chi connectivity index (χ3v) is 6.08. The molecule has 176 valence electrons. The Hall–Kier alpha value is -2.90. The fourth-order valence-corrected chi connectivity index (χ4v) is 4.20. The fourth-order valence-electron chi connectivity index (χ4n) is 3.97. The molecule has 0 bridgehead atoms. The molecule has 1 amide bonds. The topological polar surface area (TPSA) is 70.1 Å². The van der Waals surface area contributed by atoms with Crippen LogP contribution in [-0.4, -0.2) is 59.4 Å². The number of amides is 1. The molecule has 0 radical (unpaired) electrons. The predicted octanol–water partition coefficient (Wildman–Crippen LogP) is 4.64. The zero-order valence-electron chi connectivity index (χ0n) is 19.0. The summed E-state index contributed by atoms with van der Waals surface area (Å²) in [5, 5.41) is 11.4. The van der Waals surface area contributed by atoms with E-state index in [1.807, 2.05) is 20.8 Å². The average molecular weight is 475 g/mol. The summed E-state index contributed by atoms with van der Waals surface area (Å²) in [6.45, 7) is 8.73. The highest BCUT2D eigenvalue weighted by atomic mass is 35.5. The second-order valence-electron chi connectivity index (χ2n) is 7.65. The Labute approximate surface area is 198 Å². The van der Waals surface area contributed by atoms with E-state index in [2.05, 4.69) is 4.90 Å². The van der Waals surface area contributed by atoms with Gasteiger partial charge in [-0.25, -0.2) is 4.39 Å². The summed E-state index contributed by atoms with van der Waals surface area (Å²) in [6, 6.07) is 9.42. The van der Waals surface area contributed by atoms with Crippen LogP contribution in [0.5, 0.6) is 5.75 Å². The number of rotatable bonds is 9. The number of Topliss-reactive ketones (excluding diaryl/α,β-unsaturated/α-hetero) is 1. The van der Waals surface area contributed by atoms with E-state index in [0.29, 0.717) is 24.5 Å². The monoisotopic (exact) mass is 474 g/mol. The van der Waals surface area contributed by atoms with E-state index in [4.69, 9.17) is 16.3 Å². The van der Waals surface area contributed by atoms with E-state index in [1.165, 1.54) is 35.2 Å². The second kappa shape index (κ2) is 10.8.